The molecule has 0 radical (unpaired) electrons. The van der Waals surface area contributed by atoms with Crippen LogP contribution in [0.3, 0.4) is 0 Å². The number of benzene rings is 2. The molecule has 2 N–H and O–H groups in total. The zero-order valence-corrected chi connectivity index (χ0v) is 22.9. The van der Waals surface area contributed by atoms with Crippen molar-refractivity contribution < 1.29 is 29.3 Å². The minimum Gasteiger partial charge on any atom is -0.478 e. The normalized spacial score (nSPS) is 39.7. The fourth-order valence-corrected chi connectivity index (χ4v) is 11.6. The maximum Gasteiger partial charge on any atom is 0.335 e. The largest absolute Gasteiger partial charge is 0.478 e. The lowest BCUT2D eigenvalue weighted by molar-refractivity contribution is -0.357. The second kappa shape index (κ2) is 8.50. The topological polar surface area (TPSA) is 93.1 Å². The van der Waals surface area contributed by atoms with Gasteiger partial charge < -0.3 is 19.7 Å². The van der Waals surface area contributed by atoms with Crippen LogP contribution in [-0.2, 0) is 0 Å². The molecule has 0 saturated heterocycles. The Bertz CT molecular complexity index is 1270. The van der Waals surface area contributed by atoms with Crippen LogP contribution in [-0.4, -0.2) is 27.9 Å². The molecule has 8 aliphatic rings. The molecule has 2 atom stereocenters. The van der Waals surface area contributed by atoms with E-state index >= 15 is 0 Å². The quantitative estimate of drug-likeness (QED) is 0.357. The van der Waals surface area contributed by atoms with Crippen LogP contribution in [0.15, 0.2) is 48.5 Å². The molecular formula is C34H38O6. The highest BCUT2D eigenvalue weighted by Gasteiger charge is 2.77. The van der Waals surface area contributed by atoms with Crippen molar-refractivity contribution in [1.29, 1.82) is 0 Å². The van der Waals surface area contributed by atoms with Crippen LogP contribution in [0.25, 0.3) is 0 Å². The Hall–Kier alpha value is -3.02. The van der Waals surface area contributed by atoms with Gasteiger partial charge in [-0.1, -0.05) is 12.1 Å². The summed E-state index contributed by atoms with van der Waals surface area (Å²) in [5, 5.41) is 19.5. The van der Waals surface area contributed by atoms with Crippen molar-refractivity contribution >= 4 is 11.9 Å². The molecule has 0 aromatic heterocycles. The van der Waals surface area contributed by atoms with Crippen LogP contribution >= 0.6 is 0 Å². The molecule has 0 heterocycles. The average molecular weight is 543 g/mol. The standard InChI is InChI=1S/C34H38O6/c35-30(36)25-3-1-5-28(13-25)39-34(40-29-6-2-4-26(14-29)31(37)38)27-11-23-10-24(12-27)19-33(34,18-23)32-15-20-7-21(16-32)9-22(8-20)17-32/h1-6,13-14,20-24,27H,7-12,15-19H2,(H,35,36)(H,37,38). The van der Waals surface area contributed by atoms with Crippen molar-refractivity contribution in [1.82, 2.24) is 0 Å². The predicted octanol–water partition coefficient (Wildman–Crippen LogP) is 7.28. The Morgan fingerprint density at radius 2 is 1.05 bits per heavy atom. The van der Waals surface area contributed by atoms with Crippen LogP contribution in [0, 0.1) is 46.3 Å². The first kappa shape index (κ1) is 24.8. The number of carbonyl (C=O) groups is 2. The van der Waals surface area contributed by atoms with Gasteiger partial charge in [-0.05, 0) is 142 Å². The number of hydrogen-bond donors (Lipinski definition) is 2. The smallest absolute Gasteiger partial charge is 0.335 e. The minimum atomic E-state index is -0.976. The summed E-state index contributed by atoms with van der Waals surface area (Å²) in [6, 6.07) is 13.7. The summed E-state index contributed by atoms with van der Waals surface area (Å²) in [6.45, 7) is 0. The second-order valence-electron chi connectivity index (χ2n) is 14.4. The van der Waals surface area contributed by atoms with Gasteiger partial charge in [-0.25, -0.2) is 9.59 Å². The molecular weight excluding hydrogens is 504 g/mol. The third-order valence-electron chi connectivity index (χ3n) is 12.1. The number of aromatic carboxylic acids is 2. The van der Waals surface area contributed by atoms with Crippen LogP contribution < -0.4 is 9.47 Å². The highest BCUT2D eigenvalue weighted by molar-refractivity contribution is 5.88. The van der Waals surface area contributed by atoms with Gasteiger partial charge in [0.15, 0.2) is 0 Å². The first-order valence-corrected chi connectivity index (χ1v) is 15.3. The molecule has 0 aliphatic heterocycles. The third kappa shape index (κ3) is 3.46. The zero-order valence-electron chi connectivity index (χ0n) is 22.9. The number of carboxylic acid groups (broad SMARTS) is 2. The number of rotatable bonds is 7. The minimum absolute atomic E-state index is 0.145. The van der Waals surface area contributed by atoms with Gasteiger partial charge in [0.1, 0.15) is 11.5 Å². The highest BCUT2D eigenvalue weighted by atomic mass is 16.7. The first-order valence-electron chi connectivity index (χ1n) is 15.3. The van der Waals surface area contributed by atoms with Crippen molar-refractivity contribution in [3.8, 4) is 11.5 Å². The lowest BCUT2D eigenvalue weighted by atomic mass is 9.33. The average Bonchev–Trinajstić information content (AvgIpc) is 2.91. The summed E-state index contributed by atoms with van der Waals surface area (Å²) >= 11 is 0. The fraction of sp³-hybridized carbons (Fsp3) is 0.588. The summed E-state index contributed by atoms with van der Waals surface area (Å²) in [7, 11) is 0. The predicted molar refractivity (Wildman–Crippen MR) is 147 cm³/mol. The molecule has 8 saturated carbocycles. The number of carboxylic acids is 2. The highest BCUT2D eigenvalue weighted by Crippen LogP contribution is 2.78. The monoisotopic (exact) mass is 542 g/mol. The van der Waals surface area contributed by atoms with E-state index in [1.54, 1.807) is 36.4 Å². The van der Waals surface area contributed by atoms with Crippen molar-refractivity contribution in [2.45, 2.75) is 76.4 Å². The van der Waals surface area contributed by atoms with E-state index in [1.807, 2.05) is 12.1 Å². The van der Waals surface area contributed by atoms with Gasteiger partial charge >= 0.3 is 11.9 Å². The third-order valence-corrected chi connectivity index (χ3v) is 12.1. The van der Waals surface area contributed by atoms with Crippen molar-refractivity contribution in [3.05, 3.63) is 59.7 Å². The molecule has 2 aromatic rings. The van der Waals surface area contributed by atoms with Crippen LogP contribution in [0.4, 0.5) is 0 Å². The lowest BCUT2D eigenvalue weighted by Gasteiger charge is -2.74. The molecule has 8 bridgehead atoms. The Balaban J connectivity index is 1.32. The van der Waals surface area contributed by atoms with Gasteiger partial charge in [-0.15, -0.1) is 0 Å². The molecule has 8 aliphatic carbocycles. The molecule has 6 heteroatoms. The summed E-state index contributed by atoms with van der Waals surface area (Å²) in [6.07, 6.45) is 13.4. The van der Waals surface area contributed by atoms with Gasteiger partial charge in [0, 0.05) is 5.92 Å². The van der Waals surface area contributed by atoms with Gasteiger partial charge in [-0.2, -0.15) is 0 Å². The van der Waals surface area contributed by atoms with Gasteiger partial charge in [0.2, 0.25) is 0 Å². The zero-order chi connectivity index (χ0) is 27.3. The van der Waals surface area contributed by atoms with Crippen LogP contribution in [0.5, 0.6) is 11.5 Å². The van der Waals surface area contributed by atoms with Crippen LogP contribution in [0.1, 0.15) is 91.3 Å². The molecule has 6 nitrogen and oxygen atoms in total. The van der Waals surface area contributed by atoms with E-state index < -0.39 is 17.7 Å². The maximum absolute atomic E-state index is 11.9. The first-order chi connectivity index (χ1) is 19.3. The SMILES string of the molecule is O=C(O)c1cccc(OC2(Oc3cccc(C(=O)O)c3)C3CC4CC(C3)CC2(C23CC5CC(CC(C5)C2)C3)C4)c1. The molecule has 0 amide bonds. The summed E-state index contributed by atoms with van der Waals surface area (Å²) in [5.74, 6) is 1.99. The molecule has 2 unspecified atom stereocenters. The summed E-state index contributed by atoms with van der Waals surface area (Å²) in [4.78, 5) is 23.8. The molecule has 40 heavy (non-hydrogen) atoms. The molecule has 10 rings (SSSR count). The maximum atomic E-state index is 11.9. The van der Waals surface area contributed by atoms with E-state index in [9.17, 15) is 19.8 Å². The lowest BCUT2D eigenvalue weighted by Crippen LogP contribution is -2.76. The van der Waals surface area contributed by atoms with Gasteiger partial charge in [-0.3, -0.25) is 0 Å². The molecule has 0 spiro atoms. The van der Waals surface area contributed by atoms with Gasteiger partial charge in [0.05, 0.1) is 16.5 Å². The summed E-state index contributed by atoms with van der Waals surface area (Å²) in [5.41, 5.74) is 0.358. The van der Waals surface area contributed by atoms with Crippen LogP contribution in [0.2, 0.25) is 0 Å². The van der Waals surface area contributed by atoms with E-state index in [-0.39, 0.29) is 27.9 Å². The molecule has 8 fully saturated rings. The Kier molecular flexibility index (Phi) is 5.26. The second-order valence-corrected chi connectivity index (χ2v) is 14.4. The van der Waals surface area contributed by atoms with Gasteiger partial charge in [0.25, 0.3) is 5.79 Å². The van der Waals surface area contributed by atoms with E-state index in [0.29, 0.717) is 23.3 Å². The Morgan fingerprint density at radius 1 is 0.625 bits per heavy atom. The Labute approximate surface area is 235 Å². The Morgan fingerprint density at radius 3 is 1.48 bits per heavy atom. The number of ether oxygens (including phenoxy) is 2. The van der Waals surface area contributed by atoms with E-state index in [1.165, 1.54) is 44.9 Å². The van der Waals surface area contributed by atoms with E-state index in [0.717, 1.165) is 43.4 Å². The van der Waals surface area contributed by atoms with E-state index in [2.05, 4.69) is 0 Å². The summed E-state index contributed by atoms with van der Waals surface area (Å²) < 4.78 is 14.5. The van der Waals surface area contributed by atoms with Crippen molar-refractivity contribution in [2.24, 2.45) is 46.3 Å². The molecule has 210 valence electrons. The van der Waals surface area contributed by atoms with Crippen molar-refractivity contribution in [3.63, 3.8) is 0 Å². The number of hydrogen-bond acceptors (Lipinski definition) is 4. The fourth-order valence-electron chi connectivity index (χ4n) is 11.6. The van der Waals surface area contributed by atoms with E-state index in [4.69, 9.17) is 9.47 Å². The molecule has 2 aromatic carbocycles. The van der Waals surface area contributed by atoms with Crippen molar-refractivity contribution in [2.75, 3.05) is 0 Å².